The summed E-state index contributed by atoms with van der Waals surface area (Å²) in [6, 6.07) is 3.08. The Morgan fingerprint density at radius 1 is 1.03 bits per heavy atom. The Kier molecular flexibility index (Phi) is 14.0. The van der Waals surface area contributed by atoms with Gasteiger partial charge in [-0.3, -0.25) is 0 Å². The standard InChI is InChI=1S/C26H50O5Si2/c1-12-33(13-2,14-3)31-24(22(5)23(27)16-18-25(28)29-9)17-15-21(4)19-20-30-32(10,11)26(6,7)8/h15-19,22-24,27H,12-14,20H2,1-11H3/b17-15+,18-16+,21-19+/t22-,23-,24+/m0/s1. The minimum atomic E-state index is -1.90. The number of carbonyl (C=O) groups is 1. The molecule has 0 fully saturated rings. The Morgan fingerprint density at radius 2 is 1.58 bits per heavy atom. The zero-order chi connectivity index (χ0) is 25.9. The molecule has 0 aromatic rings. The van der Waals surface area contributed by atoms with Crippen LogP contribution < -0.4 is 0 Å². The molecule has 0 saturated carbocycles. The maximum absolute atomic E-state index is 11.4. The first kappa shape index (κ1) is 32.0. The van der Waals surface area contributed by atoms with E-state index < -0.39 is 28.7 Å². The lowest BCUT2D eigenvalue weighted by atomic mass is 9.97. The molecule has 0 saturated heterocycles. The van der Waals surface area contributed by atoms with E-state index >= 15 is 0 Å². The summed E-state index contributed by atoms with van der Waals surface area (Å²) in [5.74, 6) is -0.691. The minimum Gasteiger partial charge on any atom is -0.466 e. The summed E-state index contributed by atoms with van der Waals surface area (Å²) < 4.78 is 17.7. The van der Waals surface area contributed by atoms with Gasteiger partial charge < -0.3 is 18.7 Å². The number of methoxy groups -OCH3 is 1. The van der Waals surface area contributed by atoms with Crippen LogP contribution in [0.15, 0.2) is 36.0 Å². The number of rotatable bonds is 14. The van der Waals surface area contributed by atoms with Crippen LogP contribution in [0.3, 0.4) is 0 Å². The molecule has 0 aliphatic rings. The highest BCUT2D eigenvalue weighted by Gasteiger charge is 2.37. The van der Waals surface area contributed by atoms with Gasteiger partial charge in [0.25, 0.3) is 0 Å². The van der Waals surface area contributed by atoms with Gasteiger partial charge in [-0.2, -0.15) is 0 Å². The Hall–Kier alpha value is -0.996. The lowest BCUT2D eigenvalue weighted by Crippen LogP contribution is -2.43. The lowest BCUT2D eigenvalue weighted by Gasteiger charge is -2.36. The van der Waals surface area contributed by atoms with E-state index in [-0.39, 0.29) is 17.1 Å². The molecule has 0 bridgehead atoms. The molecule has 0 aliphatic heterocycles. The molecular formula is C26H50O5Si2. The maximum atomic E-state index is 11.4. The van der Waals surface area contributed by atoms with Crippen LogP contribution in [0.5, 0.6) is 0 Å². The molecule has 192 valence electrons. The average molecular weight is 499 g/mol. The summed E-state index contributed by atoms with van der Waals surface area (Å²) in [5, 5.41) is 10.9. The van der Waals surface area contributed by atoms with Gasteiger partial charge in [-0.1, -0.05) is 72.3 Å². The normalized spacial score (nSPS) is 16.9. The molecule has 7 heteroatoms. The number of aliphatic hydroxyl groups is 1. The molecule has 0 aromatic carbocycles. The molecule has 0 aliphatic carbocycles. The number of ether oxygens (including phenoxy) is 1. The first-order valence-corrected chi connectivity index (χ1v) is 17.7. The largest absolute Gasteiger partial charge is 0.466 e. The van der Waals surface area contributed by atoms with Crippen molar-refractivity contribution in [1.82, 2.24) is 0 Å². The third-order valence-corrected chi connectivity index (χ3v) is 16.4. The van der Waals surface area contributed by atoms with Gasteiger partial charge in [0.2, 0.25) is 0 Å². The van der Waals surface area contributed by atoms with E-state index in [9.17, 15) is 9.90 Å². The molecule has 0 heterocycles. The van der Waals surface area contributed by atoms with E-state index in [1.807, 2.05) is 6.92 Å². The molecule has 5 nitrogen and oxygen atoms in total. The van der Waals surface area contributed by atoms with E-state index in [0.717, 1.165) is 23.7 Å². The zero-order valence-corrected chi connectivity index (χ0v) is 25.0. The minimum absolute atomic E-state index is 0.182. The summed E-state index contributed by atoms with van der Waals surface area (Å²) in [4.78, 5) is 11.4. The van der Waals surface area contributed by atoms with Gasteiger partial charge in [-0.05, 0) is 49.3 Å². The third-order valence-electron chi connectivity index (χ3n) is 7.21. The van der Waals surface area contributed by atoms with Crippen LogP contribution in [0, 0.1) is 5.92 Å². The zero-order valence-electron chi connectivity index (χ0n) is 23.0. The Bertz CT molecular complexity index is 664. The summed E-state index contributed by atoms with van der Waals surface area (Å²) in [6.45, 7) is 22.4. The van der Waals surface area contributed by atoms with Crippen molar-refractivity contribution in [1.29, 1.82) is 0 Å². The van der Waals surface area contributed by atoms with Crippen molar-refractivity contribution < 1.29 is 23.5 Å². The third kappa shape index (κ3) is 10.9. The van der Waals surface area contributed by atoms with Crippen LogP contribution in [-0.4, -0.2) is 53.6 Å². The number of aliphatic hydroxyl groups excluding tert-OH is 1. The van der Waals surface area contributed by atoms with Crippen molar-refractivity contribution >= 4 is 22.6 Å². The Balaban J connectivity index is 5.61. The molecule has 1 N–H and O–H groups in total. The summed E-state index contributed by atoms with van der Waals surface area (Å²) >= 11 is 0. The van der Waals surface area contributed by atoms with Crippen LogP contribution in [0.4, 0.5) is 0 Å². The maximum Gasteiger partial charge on any atom is 0.330 e. The molecule has 0 unspecified atom stereocenters. The smallest absolute Gasteiger partial charge is 0.330 e. The predicted molar refractivity (Wildman–Crippen MR) is 144 cm³/mol. The van der Waals surface area contributed by atoms with Crippen molar-refractivity contribution in [2.45, 2.75) is 104 Å². The van der Waals surface area contributed by atoms with Crippen molar-refractivity contribution in [3.8, 4) is 0 Å². The van der Waals surface area contributed by atoms with Gasteiger partial charge in [-0.15, -0.1) is 0 Å². The molecule has 0 radical (unpaired) electrons. The molecule has 3 atom stereocenters. The van der Waals surface area contributed by atoms with E-state index in [4.69, 9.17) is 8.85 Å². The van der Waals surface area contributed by atoms with Crippen LogP contribution in [0.1, 0.15) is 55.4 Å². The van der Waals surface area contributed by atoms with Crippen molar-refractivity contribution in [3.05, 3.63) is 36.0 Å². The quantitative estimate of drug-likeness (QED) is 0.126. The fourth-order valence-corrected chi connectivity index (χ4v) is 6.94. The Morgan fingerprint density at radius 3 is 2.03 bits per heavy atom. The van der Waals surface area contributed by atoms with Gasteiger partial charge in [-0.25, -0.2) is 4.79 Å². The van der Waals surface area contributed by atoms with Crippen LogP contribution in [0.2, 0.25) is 36.3 Å². The average Bonchev–Trinajstić information content (AvgIpc) is 2.76. The fraction of sp³-hybridized carbons (Fsp3) is 0.731. The van der Waals surface area contributed by atoms with E-state index in [1.165, 1.54) is 19.3 Å². The highest BCUT2D eigenvalue weighted by Crippen LogP contribution is 2.36. The number of allylic oxidation sites excluding steroid dienone is 2. The molecule has 0 spiro atoms. The monoisotopic (exact) mass is 498 g/mol. The van der Waals surface area contributed by atoms with Crippen LogP contribution >= 0.6 is 0 Å². The summed E-state index contributed by atoms with van der Waals surface area (Å²) in [6.07, 6.45) is 7.92. The second kappa shape index (κ2) is 14.4. The number of hydrogen-bond acceptors (Lipinski definition) is 5. The molecule has 0 rings (SSSR count). The number of esters is 1. The molecule has 33 heavy (non-hydrogen) atoms. The second-order valence-electron chi connectivity index (χ2n) is 10.4. The lowest BCUT2D eigenvalue weighted by molar-refractivity contribution is -0.134. The molecular weight excluding hydrogens is 448 g/mol. The van der Waals surface area contributed by atoms with Gasteiger partial charge in [0.1, 0.15) is 0 Å². The predicted octanol–water partition coefficient (Wildman–Crippen LogP) is 6.63. The number of hydrogen-bond donors (Lipinski definition) is 1. The van der Waals surface area contributed by atoms with Gasteiger partial charge in [0.15, 0.2) is 16.6 Å². The van der Waals surface area contributed by atoms with Crippen molar-refractivity contribution in [2.75, 3.05) is 13.7 Å². The van der Waals surface area contributed by atoms with Gasteiger partial charge >= 0.3 is 5.97 Å². The highest BCUT2D eigenvalue weighted by atomic mass is 28.4. The van der Waals surface area contributed by atoms with E-state index in [0.29, 0.717) is 6.61 Å². The summed E-state index contributed by atoms with van der Waals surface area (Å²) in [7, 11) is -2.36. The summed E-state index contributed by atoms with van der Waals surface area (Å²) in [5.41, 5.74) is 1.10. The fourth-order valence-electron chi connectivity index (χ4n) is 3.14. The first-order chi connectivity index (χ1) is 15.2. The first-order valence-electron chi connectivity index (χ1n) is 12.3. The van der Waals surface area contributed by atoms with E-state index in [1.54, 1.807) is 0 Å². The van der Waals surface area contributed by atoms with Gasteiger partial charge in [0, 0.05) is 12.0 Å². The molecule has 0 amide bonds. The van der Waals surface area contributed by atoms with Gasteiger partial charge in [0.05, 0.1) is 25.9 Å². The topological polar surface area (TPSA) is 65.0 Å². The van der Waals surface area contributed by atoms with E-state index in [2.05, 4.69) is 84.5 Å². The van der Waals surface area contributed by atoms with Crippen LogP contribution in [-0.2, 0) is 18.4 Å². The Labute approximate surface area is 205 Å². The molecule has 0 aromatic heterocycles. The number of carbonyl (C=O) groups excluding carboxylic acids is 1. The van der Waals surface area contributed by atoms with Crippen molar-refractivity contribution in [2.24, 2.45) is 5.92 Å². The van der Waals surface area contributed by atoms with Crippen LogP contribution in [0.25, 0.3) is 0 Å². The second-order valence-corrected chi connectivity index (χ2v) is 20.0. The van der Waals surface area contributed by atoms with Crippen molar-refractivity contribution in [3.63, 3.8) is 0 Å². The highest BCUT2D eigenvalue weighted by molar-refractivity contribution is 6.74. The SMILES string of the molecule is CC[Si](CC)(CC)O[C@H](/C=C/C(C)=C/CO[Si](C)(C)C(C)(C)C)[C@@H](C)[C@@H](O)/C=C/C(=O)OC.